The number of nitrogens with zero attached hydrogens (tertiary/aromatic N) is 2. The Kier molecular flexibility index (Phi) is 3.74. The predicted molar refractivity (Wildman–Crippen MR) is 50.4 cm³/mol. The number of alkyl halides is 3. The number of pyridine rings is 1. The molecule has 84 valence electrons. The third-order valence-corrected chi connectivity index (χ3v) is 2.17. The van der Waals surface area contributed by atoms with E-state index in [9.17, 15) is 13.6 Å². The summed E-state index contributed by atoms with van der Waals surface area (Å²) >= 11 is 5.40. The average molecular weight is 247 g/mol. The van der Waals surface area contributed by atoms with Crippen molar-refractivity contribution in [1.82, 2.24) is 4.98 Å². The maximum atomic E-state index is 12.7. The Labute approximate surface area is 94.1 Å². The second kappa shape index (κ2) is 4.86. The number of halogens is 3. The van der Waals surface area contributed by atoms with Gasteiger partial charge in [0.15, 0.2) is 5.69 Å². The van der Waals surface area contributed by atoms with Crippen molar-refractivity contribution in [1.29, 1.82) is 5.26 Å². The summed E-state index contributed by atoms with van der Waals surface area (Å²) in [6.07, 6.45) is -2.03. The number of carbonyl (C=O) groups is 1. The van der Waals surface area contributed by atoms with Gasteiger partial charge < -0.3 is 5.11 Å². The summed E-state index contributed by atoms with van der Waals surface area (Å²) < 4.78 is 25.4. The third-order valence-electron chi connectivity index (χ3n) is 1.88. The first-order valence-corrected chi connectivity index (χ1v) is 4.55. The molecule has 1 N–H and O–H groups in total. The van der Waals surface area contributed by atoms with Crippen LogP contribution in [0.4, 0.5) is 8.78 Å². The van der Waals surface area contributed by atoms with Crippen LogP contribution in [0.5, 0.6) is 0 Å². The fraction of sp³-hybridized carbons (Fsp3) is 0.222. The Balaban J connectivity index is 3.61. The monoisotopic (exact) mass is 246 g/mol. The Bertz CT molecular complexity index is 471. The molecule has 0 aromatic carbocycles. The van der Waals surface area contributed by atoms with E-state index in [1.54, 1.807) is 0 Å². The number of hydrogen-bond donors (Lipinski definition) is 1. The Morgan fingerprint density at radius 2 is 2.31 bits per heavy atom. The molecular formula is C9H5ClF2N2O2. The molecule has 0 bridgehead atoms. The van der Waals surface area contributed by atoms with Crippen LogP contribution in [0.25, 0.3) is 0 Å². The van der Waals surface area contributed by atoms with E-state index >= 15 is 0 Å². The molecule has 1 heterocycles. The van der Waals surface area contributed by atoms with Gasteiger partial charge in [-0.2, -0.15) is 5.26 Å². The van der Waals surface area contributed by atoms with Crippen molar-refractivity contribution in [3.8, 4) is 6.07 Å². The zero-order valence-corrected chi connectivity index (χ0v) is 8.50. The maximum absolute atomic E-state index is 12.7. The van der Waals surface area contributed by atoms with Gasteiger partial charge in [-0.25, -0.2) is 18.6 Å². The number of aromatic nitrogens is 1. The lowest BCUT2D eigenvalue weighted by Crippen LogP contribution is -2.10. The van der Waals surface area contributed by atoms with Crippen LogP contribution in [0.1, 0.15) is 33.6 Å². The average Bonchev–Trinajstić information content (AvgIpc) is 2.26. The third kappa shape index (κ3) is 2.09. The molecule has 0 radical (unpaired) electrons. The highest BCUT2D eigenvalue weighted by atomic mass is 35.5. The molecule has 1 rings (SSSR count). The van der Waals surface area contributed by atoms with Gasteiger partial charge in [-0.05, 0) is 5.56 Å². The molecule has 1 aromatic rings. The number of hydrogen-bond acceptors (Lipinski definition) is 3. The van der Waals surface area contributed by atoms with Gasteiger partial charge in [-0.1, -0.05) is 0 Å². The van der Waals surface area contributed by atoms with E-state index in [0.29, 0.717) is 0 Å². The van der Waals surface area contributed by atoms with Crippen LogP contribution < -0.4 is 0 Å². The zero-order valence-electron chi connectivity index (χ0n) is 7.75. The lowest BCUT2D eigenvalue weighted by atomic mass is 10.0. The molecule has 0 aliphatic heterocycles. The number of rotatable bonds is 3. The molecule has 16 heavy (non-hydrogen) atoms. The normalized spacial score (nSPS) is 10.2. The first-order valence-electron chi connectivity index (χ1n) is 4.02. The predicted octanol–water partition coefficient (Wildman–Crippen LogP) is 2.33. The smallest absolute Gasteiger partial charge is 0.339 e. The van der Waals surface area contributed by atoms with Crippen LogP contribution in [-0.2, 0) is 5.88 Å². The lowest BCUT2D eigenvalue weighted by molar-refractivity contribution is 0.0683. The summed E-state index contributed by atoms with van der Waals surface area (Å²) in [7, 11) is 0. The number of carboxylic acids is 1. The molecule has 0 unspecified atom stereocenters. The zero-order chi connectivity index (χ0) is 12.3. The summed E-state index contributed by atoms with van der Waals surface area (Å²) in [4.78, 5) is 14.3. The van der Waals surface area contributed by atoms with E-state index in [1.165, 1.54) is 6.07 Å². The number of nitriles is 1. The molecule has 0 aliphatic rings. The molecule has 1 aromatic heterocycles. The molecule has 0 aliphatic carbocycles. The van der Waals surface area contributed by atoms with Crippen molar-refractivity contribution < 1.29 is 18.7 Å². The number of aromatic carboxylic acids is 1. The largest absolute Gasteiger partial charge is 0.478 e. The molecular weight excluding hydrogens is 242 g/mol. The molecule has 7 heteroatoms. The Morgan fingerprint density at radius 3 is 2.69 bits per heavy atom. The molecule has 0 amide bonds. The van der Waals surface area contributed by atoms with Crippen molar-refractivity contribution in [2.75, 3.05) is 0 Å². The molecule has 4 nitrogen and oxygen atoms in total. The first kappa shape index (κ1) is 12.3. The molecule has 0 fully saturated rings. The van der Waals surface area contributed by atoms with E-state index in [-0.39, 0.29) is 11.4 Å². The van der Waals surface area contributed by atoms with Crippen molar-refractivity contribution in [2.45, 2.75) is 12.3 Å². The SMILES string of the molecule is N#Cc1ncc(CCl)c(C(F)F)c1C(=O)O. The van der Waals surface area contributed by atoms with Crippen molar-refractivity contribution in [3.63, 3.8) is 0 Å². The fourth-order valence-corrected chi connectivity index (χ4v) is 1.43. The summed E-state index contributed by atoms with van der Waals surface area (Å²) in [6.45, 7) is 0. The van der Waals surface area contributed by atoms with Crippen LogP contribution in [0.2, 0.25) is 0 Å². The molecule has 0 saturated heterocycles. The highest BCUT2D eigenvalue weighted by molar-refractivity contribution is 6.17. The van der Waals surface area contributed by atoms with Crippen LogP contribution in [0, 0.1) is 11.3 Å². The van der Waals surface area contributed by atoms with Crippen LogP contribution in [-0.4, -0.2) is 16.1 Å². The minimum Gasteiger partial charge on any atom is -0.478 e. The van der Waals surface area contributed by atoms with Crippen LogP contribution in [0.15, 0.2) is 6.20 Å². The number of carboxylic acid groups (broad SMARTS) is 1. The van der Waals surface area contributed by atoms with Crippen molar-refractivity contribution >= 4 is 17.6 Å². The summed E-state index contributed by atoms with van der Waals surface area (Å²) in [5.74, 6) is -1.91. The van der Waals surface area contributed by atoms with Gasteiger partial charge in [0.2, 0.25) is 0 Å². The standard InChI is InChI=1S/C9H5ClF2N2O2/c10-1-4-3-14-5(2-13)7(9(15)16)6(4)8(11)12/h3,8H,1H2,(H,15,16). The molecule has 0 spiro atoms. The van der Waals surface area contributed by atoms with E-state index in [0.717, 1.165) is 6.20 Å². The Hall–Kier alpha value is -1.74. The summed E-state index contributed by atoms with van der Waals surface area (Å²) in [5.41, 5.74) is -2.16. The maximum Gasteiger partial charge on any atom is 0.339 e. The summed E-state index contributed by atoms with van der Waals surface area (Å²) in [5, 5.41) is 17.4. The fourth-order valence-electron chi connectivity index (χ4n) is 1.22. The molecule has 0 saturated carbocycles. The lowest BCUT2D eigenvalue weighted by Gasteiger charge is -2.10. The highest BCUT2D eigenvalue weighted by Gasteiger charge is 2.26. The van der Waals surface area contributed by atoms with Gasteiger partial charge in [-0.3, -0.25) is 0 Å². The molecule has 0 atom stereocenters. The van der Waals surface area contributed by atoms with Crippen LogP contribution >= 0.6 is 11.6 Å². The quantitative estimate of drug-likeness (QED) is 0.831. The van der Waals surface area contributed by atoms with E-state index < -0.39 is 29.2 Å². The van der Waals surface area contributed by atoms with E-state index in [2.05, 4.69) is 4.98 Å². The summed E-state index contributed by atoms with van der Waals surface area (Å²) in [6, 6.07) is 1.46. The Morgan fingerprint density at radius 1 is 1.69 bits per heavy atom. The van der Waals surface area contributed by atoms with Crippen molar-refractivity contribution in [3.05, 3.63) is 28.6 Å². The van der Waals surface area contributed by atoms with Gasteiger partial charge in [0, 0.05) is 17.6 Å². The second-order valence-corrected chi connectivity index (χ2v) is 3.04. The van der Waals surface area contributed by atoms with Gasteiger partial charge in [0.25, 0.3) is 6.43 Å². The first-order chi connectivity index (χ1) is 7.52. The van der Waals surface area contributed by atoms with Gasteiger partial charge in [0.1, 0.15) is 11.6 Å². The van der Waals surface area contributed by atoms with Crippen LogP contribution in [0.3, 0.4) is 0 Å². The van der Waals surface area contributed by atoms with E-state index in [1.807, 2.05) is 0 Å². The highest BCUT2D eigenvalue weighted by Crippen LogP contribution is 2.29. The van der Waals surface area contributed by atoms with Gasteiger partial charge in [-0.15, -0.1) is 11.6 Å². The van der Waals surface area contributed by atoms with Gasteiger partial charge >= 0.3 is 5.97 Å². The second-order valence-electron chi connectivity index (χ2n) is 2.77. The minimum absolute atomic E-state index is 0.0898. The van der Waals surface area contributed by atoms with Gasteiger partial charge in [0.05, 0.1) is 0 Å². The topological polar surface area (TPSA) is 74.0 Å². The van der Waals surface area contributed by atoms with E-state index in [4.69, 9.17) is 22.0 Å². The minimum atomic E-state index is -3.02. The van der Waals surface area contributed by atoms with Crippen molar-refractivity contribution in [2.24, 2.45) is 0 Å².